The van der Waals surface area contributed by atoms with Crippen molar-refractivity contribution in [3.63, 3.8) is 0 Å². The van der Waals surface area contributed by atoms with E-state index in [1.807, 2.05) is 60.7 Å². The zero-order chi connectivity index (χ0) is 38.6. The number of aromatic nitrogens is 3. The summed E-state index contributed by atoms with van der Waals surface area (Å²) in [4.78, 5) is 17.3. The van der Waals surface area contributed by atoms with Gasteiger partial charge in [-0.2, -0.15) is 0 Å². The van der Waals surface area contributed by atoms with Crippen LogP contribution in [0.2, 0.25) is 0 Å². The first-order valence-electron chi connectivity index (χ1n) is 19.3. The Bertz CT molecular complexity index is 2650. The molecule has 0 amide bonds. The third kappa shape index (κ3) is 7.49. The second-order valence-corrected chi connectivity index (χ2v) is 14.2. The van der Waals surface area contributed by atoms with E-state index in [1.165, 1.54) is 33.4 Å². The van der Waals surface area contributed by atoms with Gasteiger partial charge in [-0.05, 0) is 101 Å². The Morgan fingerprint density at radius 2 is 0.632 bits per heavy atom. The van der Waals surface area contributed by atoms with E-state index < -0.39 is 0 Å². The van der Waals surface area contributed by atoms with Crippen molar-refractivity contribution >= 4 is 17.1 Å². The Kier molecular flexibility index (Phi) is 9.74. The summed E-state index contributed by atoms with van der Waals surface area (Å²) in [7, 11) is 0. The molecule has 9 aromatic rings. The summed E-state index contributed by atoms with van der Waals surface area (Å²) in [6, 6.07) is 72.2. The number of nitrogens with zero attached hydrogens (tertiary/aromatic N) is 4. The lowest BCUT2D eigenvalue weighted by molar-refractivity contribution is 1.07. The summed E-state index contributed by atoms with van der Waals surface area (Å²) < 4.78 is 0. The smallest absolute Gasteiger partial charge is 0.164 e. The SMILES string of the molecule is Cc1cc(-c2ccccc2)ccc1N(c1cccc(-c2cccc(-c3nc(-c4ccccc4)nc(-c4ccccc4)n3)c2)c1)c1ccc(-c2ccccc2)cc1C. The number of rotatable bonds is 9. The molecule has 0 aliphatic carbocycles. The summed E-state index contributed by atoms with van der Waals surface area (Å²) in [6.07, 6.45) is 0. The van der Waals surface area contributed by atoms with E-state index in [0.29, 0.717) is 17.5 Å². The molecule has 0 aliphatic heterocycles. The molecule has 8 aromatic carbocycles. The first kappa shape index (κ1) is 35.3. The molecule has 0 atom stereocenters. The first-order valence-corrected chi connectivity index (χ1v) is 19.3. The van der Waals surface area contributed by atoms with Crippen LogP contribution >= 0.6 is 0 Å². The van der Waals surface area contributed by atoms with E-state index >= 15 is 0 Å². The molecule has 57 heavy (non-hydrogen) atoms. The van der Waals surface area contributed by atoms with Gasteiger partial charge in [0.2, 0.25) is 0 Å². The number of hydrogen-bond acceptors (Lipinski definition) is 4. The van der Waals surface area contributed by atoms with Gasteiger partial charge < -0.3 is 4.90 Å². The molecule has 0 unspecified atom stereocenters. The molecule has 0 spiro atoms. The highest BCUT2D eigenvalue weighted by Gasteiger charge is 2.19. The number of benzene rings is 8. The van der Waals surface area contributed by atoms with Crippen LogP contribution in [-0.2, 0) is 0 Å². The highest BCUT2D eigenvalue weighted by molar-refractivity contribution is 5.85. The molecule has 0 saturated carbocycles. The molecule has 0 aliphatic rings. The predicted octanol–water partition coefficient (Wildman–Crippen LogP) is 14.0. The predicted molar refractivity (Wildman–Crippen MR) is 237 cm³/mol. The third-order valence-electron chi connectivity index (χ3n) is 10.3. The Labute approximate surface area is 334 Å². The van der Waals surface area contributed by atoms with Crippen molar-refractivity contribution in [3.05, 3.63) is 217 Å². The fraction of sp³-hybridized carbons (Fsp3) is 0.0377. The molecule has 0 saturated heterocycles. The van der Waals surface area contributed by atoms with Crippen molar-refractivity contribution in [2.45, 2.75) is 13.8 Å². The van der Waals surface area contributed by atoms with E-state index in [2.05, 4.69) is 164 Å². The lowest BCUT2D eigenvalue weighted by atomic mass is 9.98. The van der Waals surface area contributed by atoms with Crippen LogP contribution in [0.15, 0.2) is 206 Å². The van der Waals surface area contributed by atoms with E-state index in [1.54, 1.807) is 0 Å². The van der Waals surface area contributed by atoms with E-state index in [-0.39, 0.29) is 0 Å². The van der Waals surface area contributed by atoms with Gasteiger partial charge in [-0.1, -0.05) is 164 Å². The fourth-order valence-electron chi connectivity index (χ4n) is 7.44. The van der Waals surface area contributed by atoms with Crippen molar-refractivity contribution in [1.82, 2.24) is 15.0 Å². The Morgan fingerprint density at radius 3 is 1.09 bits per heavy atom. The average Bonchev–Trinajstić information content (AvgIpc) is 3.28. The number of anilines is 3. The Balaban J connectivity index is 1.14. The van der Waals surface area contributed by atoms with Gasteiger partial charge in [-0.3, -0.25) is 0 Å². The molecule has 1 heterocycles. The van der Waals surface area contributed by atoms with Crippen LogP contribution in [0.4, 0.5) is 17.1 Å². The molecule has 0 radical (unpaired) electrons. The van der Waals surface area contributed by atoms with Crippen molar-refractivity contribution in [2.24, 2.45) is 0 Å². The van der Waals surface area contributed by atoms with Gasteiger partial charge >= 0.3 is 0 Å². The van der Waals surface area contributed by atoms with Crippen LogP contribution in [0.3, 0.4) is 0 Å². The quantitative estimate of drug-likeness (QED) is 0.148. The van der Waals surface area contributed by atoms with Crippen molar-refractivity contribution < 1.29 is 0 Å². The Hall–Kier alpha value is -7.43. The lowest BCUT2D eigenvalue weighted by Crippen LogP contribution is -2.13. The number of aryl methyl sites for hydroxylation is 2. The van der Waals surface area contributed by atoms with Crippen LogP contribution in [0.5, 0.6) is 0 Å². The molecule has 4 heteroatoms. The normalized spacial score (nSPS) is 11.0. The summed E-state index contributed by atoms with van der Waals surface area (Å²) in [5.41, 5.74) is 15.5. The standard InChI is InChI=1S/C53H40N4/c1-37-33-45(39-17-7-3-8-18-39)29-31-49(37)57(50-32-30-46(34-38(50)2)40-19-9-4-10-20-40)48-28-16-26-44(36-48)43-25-15-27-47(35-43)53-55-51(41-21-11-5-12-22-41)54-52(56-53)42-23-13-6-14-24-42/h3-36H,1-2H3. The van der Waals surface area contributed by atoms with Gasteiger partial charge in [-0.15, -0.1) is 0 Å². The summed E-state index contributed by atoms with van der Waals surface area (Å²) in [5.74, 6) is 1.92. The van der Waals surface area contributed by atoms with Crippen molar-refractivity contribution in [2.75, 3.05) is 4.90 Å². The molecule has 4 nitrogen and oxygen atoms in total. The minimum atomic E-state index is 0.630. The summed E-state index contributed by atoms with van der Waals surface area (Å²) in [6.45, 7) is 4.41. The van der Waals surface area contributed by atoms with Crippen LogP contribution in [-0.4, -0.2) is 15.0 Å². The molecule has 272 valence electrons. The van der Waals surface area contributed by atoms with Gasteiger partial charge in [0.25, 0.3) is 0 Å². The van der Waals surface area contributed by atoms with Crippen molar-refractivity contribution in [3.8, 4) is 67.5 Å². The zero-order valence-corrected chi connectivity index (χ0v) is 31.9. The van der Waals surface area contributed by atoms with Gasteiger partial charge in [-0.25, -0.2) is 15.0 Å². The van der Waals surface area contributed by atoms with Gasteiger partial charge in [0, 0.05) is 33.8 Å². The molecule has 1 aromatic heterocycles. The molecule has 9 rings (SSSR count). The highest BCUT2D eigenvalue weighted by Crippen LogP contribution is 2.42. The minimum Gasteiger partial charge on any atom is -0.310 e. The van der Waals surface area contributed by atoms with Crippen LogP contribution in [0, 0.1) is 13.8 Å². The van der Waals surface area contributed by atoms with Gasteiger partial charge in [0.1, 0.15) is 0 Å². The van der Waals surface area contributed by atoms with E-state index in [4.69, 9.17) is 15.0 Å². The second-order valence-electron chi connectivity index (χ2n) is 14.2. The molecule has 0 fully saturated rings. The van der Waals surface area contributed by atoms with Crippen molar-refractivity contribution in [1.29, 1.82) is 0 Å². The largest absolute Gasteiger partial charge is 0.310 e. The topological polar surface area (TPSA) is 41.9 Å². The zero-order valence-electron chi connectivity index (χ0n) is 31.9. The maximum absolute atomic E-state index is 5.01. The lowest BCUT2D eigenvalue weighted by Gasteiger charge is -2.29. The summed E-state index contributed by atoms with van der Waals surface area (Å²) >= 11 is 0. The Morgan fingerprint density at radius 1 is 0.281 bits per heavy atom. The second kappa shape index (κ2) is 15.7. The minimum absolute atomic E-state index is 0.630. The summed E-state index contributed by atoms with van der Waals surface area (Å²) in [5, 5.41) is 0. The molecular formula is C53H40N4. The molecule has 0 N–H and O–H groups in total. The van der Waals surface area contributed by atoms with Crippen LogP contribution in [0.1, 0.15) is 11.1 Å². The maximum Gasteiger partial charge on any atom is 0.164 e. The van der Waals surface area contributed by atoms with Gasteiger partial charge in [0.05, 0.1) is 0 Å². The average molecular weight is 733 g/mol. The fourth-order valence-corrected chi connectivity index (χ4v) is 7.44. The van der Waals surface area contributed by atoms with Gasteiger partial charge in [0.15, 0.2) is 17.5 Å². The third-order valence-corrected chi connectivity index (χ3v) is 10.3. The number of hydrogen-bond donors (Lipinski definition) is 0. The highest BCUT2D eigenvalue weighted by atomic mass is 15.1. The molecule has 0 bridgehead atoms. The first-order chi connectivity index (χ1) is 28.1. The maximum atomic E-state index is 5.01. The molecular weight excluding hydrogens is 693 g/mol. The van der Waals surface area contributed by atoms with E-state index in [0.717, 1.165) is 44.9 Å². The van der Waals surface area contributed by atoms with Crippen LogP contribution in [0.25, 0.3) is 67.5 Å². The monoisotopic (exact) mass is 732 g/mol. The van der Waals surface area contributed by atoms with Crippen LogP contribution < -0.4 is 4.90 Å². The van der Waals surface area contributed by atoms with E-state index in [9.17, 15) is 0 Å².